The molecule has 1 heterocycles. The Hall–Kier alpha value is -2.12. The van der Waals surface area contributed by atoms with Crippen molar-refractivity contribution in [3.8, 4) is 17.1 Å². The highest BCUT2D eigenvalue weighted by molar-refractivity contribution is 9.10. The number of nitrogens with zero attached hydrogens (tertiary/aromatic N) is 2. The van der Waals surface area contributed by atoms with E-state index in [1.54, 1.807) is 31.4 Å². The zero-order valence-electron chi connectivity index (χ0n) is 12.7. The molecule has 0 fully saturated rings. The number of benzene rings is 2. The molecule has 0 amide bonds. The first-order valence-corrected chi connectivity index (χ1v) is 8.83. The summed E-state index contributed by atoms with van der Waals surface area (Å²) in [6.45, 7) is 0. The summed E-state index contributed by atoms with van der Waals surface area (Å²) in [5, 5.41) is 4.31. The number of aromatic nitrogens is 2. The van der Waals surface area contributed by atoms with Crippen LogP contribution in [0.1, 0.15) is 10.4 Å². The maximum atomic E-state index is 12.2. The fourth-order valence-electron chi connectivity index (χ4n) is 2.00. The first-order valence-electron chi connectivity index (χ1n) is 7.05. The molecule has 0 saturated heterocycles. The molecule has 0 N–H and O–H groups in total. The number of hydrogen-bond donors (Lipinski definition) is 0. The molecule has 0 atom stereocenters. The van der Waals surface area contributed by atoms with E-state index in [9.17, 15) is 4.79 Å². The molecule has 7 heteroatoms. The van der Waals surface area contributed by atoms with Crippen molar-refractivity contribution in [2.75, 3.05) is 12.9 Å². The number of ketones is 1. The lowest BCUT2D eigenvalue weighted by Crippen LogP contribution is -2.02. The van der Waals surface area contributed by atoms with Crippen molar-refractivity contribution < 1.29 is 14.1 Å². The highest BCUT2D eigenvalue weighted by Crippen LogP contribution is 2.24. The molecule has 2 aromatic carbocycles. The van der Waals surface area contributed by atoms with Gasteiger partial charge in [-0.25, -0.2) is 0 Å². The first kappa shape index (κ1) is 16.7. The Morgan fingerprint density at radius 3 is 2.75 bits per heavy atom. The summed E-state index contributed by atoms with van der Waals surface area (Å²) in [5.41, 5.74) is 1.47. The monoisotopic (exact) mass is 404 g/mol. The van der Waals surface area contributed by atoms with Crippen molar-refractivity contribution in [3.63, 3.8) is 0 Å². The summed E-state index contributed by atoms with van der Waals surface area (Å²) in [6.07, 6.45) is 0. The molecular formula is C17H13BrN2O3S. The van der Waals surface area contributed by atoms with Crippen LogP contribution in [0.25, 0.3) is 11.4 Å². The predicted molar refractivity (Wildman–Crippen MR) is 95.5 cm³/mol. The predicted octanol–water partition coefficient (Wildman–Crippen LogP) is 4.48. The van der Waals surface area contributed by atoms with E-state index >= 15 is 0 Å². The second-order valence-electron chi connectivity index (χ2n) is 4.83. The Morgan fingerprint density at radius 2 is 2.04 bits per heavy atom. The number of rotatable bonds is 6. The zero-order chi connectivity index (χ0) is 16.9. The van der Waals surface area contributed by atoms with Crippen LogP contribution >= 0.6 is 27.7 Å². The number of hydrogen-bond acceptors (Lipinski definition) is 6. The van der Waals surface area contributed by atoms with Crippen LogP contribution in [-0.4, -0.2) is 28.8 Å². The van der Waals surface area contributed by atoms with Gasteiger partial charge >= 0.3 is 0 Å². The molecule has 5 nitrogen and oxygen atoms in total. The Morgan fingerprint density at radius 1 is 1.25 bits per heavy atom. The smallest absolute Gasteiger partial charge is 0.286 e. The van der Waals surface area contributed by atoms with Crippen molar-refractivity contribution in [3.05, 3.63) is 58.6 Å². The Bertz CT molecular complexity index is 849. The number of methoxy groups -OCH3 is 1. The van der Waals surface area contributed by atoms with E-state index in [1.807, 2.05) is 24.3 Å². The van der Waals surface area contributed by atoms with Crippen LogP contribution in [-0.2, 0) is 0 Å². The third-order valence-corrected chi connectivity index (χ3v) is 4.54. The summed E-state index contributed by atoms with van der Waals surface area (Å²) >= 11 is 4.63. The van der Waals surface area contributed by atoms with Crippen LogP contribution in [0.3, 0.4) is 0 Å². The van der Waals surface area contributed by atoms with Crippen LogP contribution in [0.2, 0.25) is 0 Å². The lowest BCUT2D eigenvalue weighted by atomic mass is 10.1. The molecule has 0 saturated carbocycles. The van der Waals surface area contributed by atoms with Gasteiger partial charge in [0, 0.05) is 15.6 Å². The van der Waals surface area contributed by atoms with Crippen LogP contribution in [0.4, 0.5) is 0 Å². The normalized spacial score (nSPS) is 10.6. The lowest BCUT2D eigenvalue weighted by molar-refractivity contribution is 0.102. The fourth-order valence-corrected chi connectivity index (χ4v) is 3.06. The standard InChI is InChI=1S/C17H13BrN2O3S/c1-22-14-7-5-11(6-8-14)15(21)10-24-17-19-16(20-23-17)12-3-2-4-13(18)9-12/h2-9H,10H2,1H3. The minimum absolute atomic E-state index is 0.00939. The third-order valence-electron chi connectivity index (χ3n) is 3.23. The van der Waals surface area contributed by atoms with Crippen molar-refractivity contribution in [2.45, 2.75) is 5.22 Å². The largest absolute Gasteiger partial charge is 0.497 e. The van der Waals surface area contributed by atoms with E-state index in [0.717, 1.165) is 15.8 Å². The number of carbonyl (C=O) groups is 1. The molecule has 0 radical (unpaired) electrons. The van der Waals surface area contributed by atoms with Gasteiger partial charge < -0.3 is 9.26 Å². The van der Waals surface area contributed by atoms with Crippen molar-refractivity contribution >= 4 is 33.5 Å². The molecular weight excluding hydrogens is 392 g/mol. The average molecular weight is 405 g/mol. The van der Waals surface area contributed by atoms with E-state index in [4.69, 9.17) is 9.26 Å². The summed E-state index contributed by atoms with van der Waals surface area (Å²) < 4.78 is 11.2. The van der Waals surface area contributed by atoms with Crippen LogP contribution in [0.15, 0.2) is 62.7 Å². The molecule has 3 rings (SSSR count). The van der Waals surface area contributed by atoms with Gasteiger partial charge in [-0.15, -0.1) is 0 Å². The number of halogens is 1. The molecule has 122 valence electrons. The second-order valence-corrected chi connectivity index (χ2v) is 6.68. The summed E-state index contributed by atoms with van der Waals surface area (Å²) in [4.78, 5) is 16.5. The van der Waals surface area contributed by atoms with Crippen LogP contribution < -0.4 is 4.74 Å². The number of ether oxygens (including phenoxy) is 1. The quantitative estimate of drug-likeness (QED) is 0.445. The number of thioether (sulfide) groups is 1. The minimum atomic E-state index is -0.00939. The van der Waals surface area contributed by atoms with E-state index in [-0.39, 0.29) is 11.5 Å². The van der Waals surface area contributed by atoms with Gasteiger partial charge in [0.1, 0.15) is 5.75 Å². The Balaban J connectivity index is 1.63. The molecule has 0 aliphatic heterocycles. The second kappa shape index (κ2) is 7.63. The van der Waals surface area contributed by atoms with Crippen LogP contribution in [0, 0.1) is 0 Å². The molecule has 0 bridgehead atoms. The Kier molecular flexibility index (Phi) is 5.32. The fraction of sp³-hybridized carbons (Fsp3) is 0.118. The maximum absolute atomic E-state index is 12.2. The van der Waals surface area contributed by atoms with Crippen molar-refractivity contribution in [1.82, 2.24) is 10.1 Å². The maximum Gasteiger partial charge on any atom is 0.286 e. The summed E-state index contributed by atoms with van der Waals surface area (Å²) in [6, 6.07) is 14.6. The van der Waals surface area contributed by atoms with Gasteiger partial charge in [0.2, 0.25) is 5.82 Å². The van der Waals surface area contributed by atoms with E-state index in [2.05, 4.69) is 26.1 Å². The third kappa shape index (κ3) is 4.04. The van der Waals surface area contributed by atoms with E-state index < -0.39 is 0 Å². The van der Waals surface area contributed by atoms with Gasteiger partial charge in [0.25, 0.3) is 5.22 Å². The van der Waals surface area contributed by atoms with Gasteiger partial charge in [-0.3, -0.25) is 4.79 Å². The zero-order valence-corrected chi connectivity index (χ0v) is 15.1. The first-order chi connectivity index (χ1) is 11.7. The van der Waals surface area contributed by atoms with Gasteiger partial charge in [-0.2, -0.15) is 4.98 Å². The average Bonchev–Trinajstić information content (AvgIpc) is 3.09. The molecule has 0 unspecified atom stereocenters. The van der Waals surface area contributed by atoms with Crippen molar-refractivity contribution in [2.24, 2.45) is 0 Å². The minimum Gasteiger partial charge on any atom is -0.497 e. The lowest BCUT2D eigenvalue weighted by Gasteiger charge is -2.01. The molecule has 0 aliphatic rings. The number of Topliss-reactive ketones (excluding diaryl/α,β-unsaturated/α-hetero) is 1. The highest BCUT2D eigenvalue weighted by atomic mass is 79.9. The van der Waals surface area contributed by atoms with Gasteiger partial charge in [-0.1, -0.05) is 45.0 Å². The summed E-state index contributed by atoms with van der Waals surface area (Å²) in [7, 11) is 1.59. The highest BCUT2D eigenvalue weighted by Gasteiger charge is 2.13. The topological polar surface area (TPSA) is 65.2 Å². The molecule has 3 aromatic rings. The van der Waals surface area contributed by atoms with Gasteiger partial charge in [0.15, 0.2) is 5.78 Å². The van der Waals surface area contributed by atoms with Crippen molar-refractivity contribution in [1.29, 1.82) is 0 Å². The van der Waals surface area contributed by atoms with E-state index in [0.29, 0.717) is 16.6 Å². The SMILES string of the molecule is COc1ccc(C(=O)CSc2nc(-c3cccc(Br)c3)no2)cc1. The number of carbonyl (C=O) groups excluding carboxylic acids is 1. The van der Waals surface area contributed by atoms with Gasteiger partial charge in [0.05, 0.1) is 12.9 Å². The molecule has 24 heavy (non-hydrogen) atoms. The molecule has 1 aromatic heterocycles. The van der Waals surface area contributed by atoms with E-state index in [1.165, 1.54) is 11.8 Å². The molecule has 0 aliphatic carbocycles. The van der Waals surface area contributed by atoms with Crippen LogP contribution in [0.5, 0.6) is 5.75 Å². The Labute approximate surface area is 151 Å². The molecule has 0 spiro atoms. The van der Waals surface area contributed by atoms with Gasteiger partial charge in [-0.05, 0) is 36.4 Å². The summed E-state index contributed by atoms with van der Waals surface area (Å²) in [5.74, 6) is 1.43.